The molecule has 0 saturated carbocycles. The van der Waals surface area contributed by atoms with Crippen LogP contribution in [-0.4, -0.2) is 12.8 Å². The van der Waals surface area contributed by atoms with E-state index in [1.165, 1.54) is 12.1 Å². The lowest BCUT2D eigenvalue weighted by atomic mass is 10.2. The van der Waals surface area contributed by atoms with Crippen LogP contribution in [-0.2, 0) is 11.4 Å². The van der Waals surface area contributed by atoms with Crippen LogP contribution in [0.2, 0.25) is 0 Å². The molecular weight excluding hydrogens is 294 g/mol. The predicted molar refractivity (Wildman–Crippen MR) is 52.9 cm³/mol. The van der Waals surface area contributed by atoms with E-state index in [1.807, 2.05) is 0 Å². The maximum atomic E-state index is 13.0. The Kier molecular flexibility index (Phi) is 4.69. The predicted octanol–water partition coefficient (Wildman–Crippen LogP) is 3.17. The second kappa shape index (κ2) is 5.60. The summed E-state index contributed by atoms with van der Waals surface area (Å²) in [5.41, 5.74) is 2.59. The molecule has 16 heavy (non-hydrogen) atoms. The normalized spacial score (nSPS) is 11.8. The van der Waals surface area contributed by atoms with Gasteiger partial charge in [0, 0.05) is 6.54 Å². The first-order chi connectivity index (χ1) is 7.38. The summed E-state index contributed by atoms with van der Waals surface area (Å²) in [6, 6.07) is 4.24. The van der Waals surface area contributed by atoms with Crippen molar-refractivity contribution in [3.63, 3.8) is 0 Å². The summed E-state index contributed by atoms with van der Waals surface area (Å²) in [4.78, 5) is 4.16. The topological polar surface area (TPSA) is 21.3 Å². The maximum absolute atomic E-state index is 13.0. The van der Waals surface area contributed by atoms with Crippen LogP contribution < -0.4 is 5.48 Å². The number of hydrogen-bond donors (Lipinski definition) is 1. The first-order valence-corrected chi connectivity index (χ1v) is 5.03. The molecule has 0 aliphatic rings. The number of benzene rings is 1. The third-order valence-corrected chi connectivity index (χ3v) is 2.24. The minimum atomic E-state index is -4.38. The quantitative estimate of drug-likeness (QED) is 0.524. The molecule has 0 unspecified atom stereocenters. The summed E-state index contributed by atoms with van der Waals surface area (Å²) in [7, 11) is 0. The Hall–Kier alpha value is -0.660. The molecule has 1 aromatic rings. The van der Waals surface area contributed by atoms with E-state index >= 15 is 0 Å². The first kappa shape index (κ1) is 13.4. The van der Waals surface area contributed by atoms with Gasteiger partial charge in [0.2, 0.25) is 0 Å². The third kappa shape index (κ3) is 4.91. The highest BCUT2D eigenvalue weighted by Gasteiger charge is 2.27. The van der Waals surface area contributed by atoms with Crippen LogP contribution in [0.4, 0.5) is 17.6 Å². The van der Waals surface area contributed by atoms with E-state index in [9.17, 15) is 17.6 Å². The van der Waals surface area contributed by atoms with Gasteiger partial charge in [-0.15, -0.1) is 0 Å². The molecule has 0 spiro atoms. The van der Waals surface area contributed by atoms with Gasteiger partial charge in [-0.25, -0.2) is 4.39 Å². The minimum absolute atomic E-state index is 0.000278. The summed E-state index contributed by atoms with van der Waals surface area (Å²) in [6.07, 6.45) is -4.38. The summed E-state index contributed by atoms with van der Waals surface area (Å²) in [5.74, 6) is -0.477. The standard InChI is InChI=1S/C9H8BrF4NO/c10-7-2-1-6(3-8(7)11)4-15-16-5-9(12,13)14/h1-3,15H,4-5H2. The van der Waals surface area contributed by atoms with E-state index in [4.69, 9.17) is 0 Å². The molecule has 0 saturated heterocycles. The fourth-order valence-corrected chi connectivity index (χ4v) is 1.16. The van der Waals surface area contributed by atoms with Gasteiger partial charge in [-0.05, 0) is 33.6 Å². The van der Waals surface area contributed by atoms with E-state index < -0.39 is 18.6 Å². The van der Waals surface area contributed by atoms with Crippen molar-refractivity contribution >= 4 is 15.9 Å². The minimum Gasteiger partial charge on any atom is -0.292 e. The molecule has 0 fully saturated rings. The van der Waals surface area contributed by atoms with Gasteiger partial charge in [0.15, 0.2) is 6.61 Å². The second-order valence-corrected chi connectivity index (χ2v) is 3.83. The van der Waals surface area contributed by atoms with Crippen molar-refractivity contribution in [1.29, 1.82) is 0 Å². The van der Waals surface area contributed by atoms with Gasteiger partial charge in [0.1, 0.15) is 5.82 Å². The smallest absolute Gasteiger partial charge is 0.292 e. The van der Waals surface area contributed by atoms with Crippen LogP contribution in [0.1, 0.15) is 5.56 Å². The molecule has 0 aromatic heterocycles. The van der Waals surface area contributed by atoms with Gasteiger partial charge < -0.3 is 0 Å². The SMILES string of the molecule is Fc1cc(CNOCC(F)(F)F)ccc1Br. The van der Waals surface area contributed by atoms with E-state index in [0.717, 1.165) is 0 Å². The number of alkyl halides is 3. The molecule has 0 atom stereocenters. The van der Waals surface area contributed by atoms with Crippen molar-refractivity contribution in [3.8, 4) is 0 Å². The van der Waals surface area contributed by atoms with Gasteiger partial charge in [-0.1, -0.05) is 6.07 Å². The molecule has 0 bridgehead atoms. The molecule has 1 aromatic carbocycles. The van der Waals surface area contributed by atoms with Crippen molar-refractivity contribution < 1.29 is 22.4 Å². The Morgan fingerprint density at radius 1 is 1.31 bits per heavy atom. The molecule has 2 nitrogen and oxygen atoms in total. The second-order valence-electron chi connectivity index (χ2n) is 2.97. The zero-order valence-electron chi connectivity index (χ0n) is 7.94. The van der Waals surface area contributed by atoms with Crippen LogP contribution in [0.3, 0.4) is 0 Å². The maximum Gasteiger partial charge on any atom is 0.413 e. The molecule has 0 aliphatic heterocycles. The average Bonchev–Trinajstić information content (AvgIpc) is 2.17. The van der Waals surface area contributed by atoms with Crippen LogP contribution in [0, 0.1) is 5.82 Å². The van der Waals surface area contributed by atoms with Gasteiger partial charge in [0.25, 0.3) is 0 Å². The lowest BCUT2D eigenvalue weighted by Crippen LogP contribution is -2.24. The number of rotatable bonds is 4. The molecule has 90 valence electrons. The van der Waals surface area contributed by atoms with Gasteiger partial charge in [-0.2, -0.15) is 18.7 Å². The van der Waals surface area contributed by atoms with Gasteiger partial charge in [-0.3, -0.25) is 4.84 Å². The summed E-state index contributed by atoms with van der Waals surface area (Å²) < 4.78 is 48.3. The van der Waals surface area contributed by atoms with Gasteiger partial charge >= 0.3 is 6.18 Å². The summed E-state index contributed by atoms with van der Waals surface area (Å²) >= 11 is 2.96. The molecular formula is C9H8BrF4NO. The number of hydrogen-bond acceptors (Lipinski definition) is 2. The third-order valence-electron chi connectivity index (χ3n) is 1.60. The van der Waals surface area contributed by atoms with E-state index in [2.05, 4.69) is 26.2 Å². The Bertz CT molecular complexity index is 356. The lowest BCUT2D eigenvalue weighted by Gasteiger charge is -2.08. The fraction of sp³-hybridized carbons (Fsp3) is 0.333. The molecule has 0 aliphatic carbocycles. The highest BCUT2D eigenvalue weighted by Crippen LogP contribution is 2.16. The van der Waals surface area contributed by atoms with E-state index in [0.29, 0.717) is 10.0 Å². The molecule has 0 heterocycles. The van der Waals surface area contributed by atoms with Crippen molar-refractivity contribution in [2.45, 2.75) is 12.7 Å². The zero-order chi connectivity index (χ0) is 12.2. The van der Waals surface area contributed by atoms with Crippen LogP contribution in [0.15, 0.2) is 22.7 Å². The highest BCUT2D eigenvalue weighted by atomic mass is 79.9. The number of nitrogens with one attached hydrogen (secondary N) is 1. The van der Waals surface area contributed by atoms with Crippen molar-refractivity contribution in [2.24, 2.45) is 0 Å². The lowest BCUT2D eigenvalue weighted by molar-refractivity contribution is -0.190. The van der Waals surface area contributed by atoms with Crippen LogP contribution >= 0.6 is 15.9 Å². The molecule has 0 radical (unpaired) electrons. The Morgan fingerprint density at radius 2 is 2.00 bits per heavy atom. The highest BCUT2D eigenvalue weighted by molar-refractivity contribution is 9.10. The average molecular weight is 302 g/mol. The van der Waals surface area contributed by atoms with Gasteiger partial charge in [0.05, 0.1) is 4.47 Å². The Morgan fingerprint density at radius 3 is 2.56 bits per heavy atom. The van der Waals surface area contributed by atoms with Crippen LogP contribution in [0.5, 0.6) is 0 Å². The Balaban J connectivity index is 2.35. The first-order valence-electron chi connectivity index (χ1n) is 4.24. The fourth-order valence-electron chi connectivity index (χ4n) is 0.917. The zero-order valence-corrected chi connectivity index (χ0v) is 9.53. The molecule has 7 heteroatoms. The summed E-state index contributed by atoms with van der Waals surface area (Å²) in [5, 5.41) is 0. The molecule has 1 rings (SSSR count). The Labute approximate surface area is 97.7 Å². The van der Waals surface area contributed by atoms with Crippen LogP contribution in [0.25, 0.3) is 0 Å². The molecule has 1 N–H and O–H groups in total. The number of hydroxylamine groups is 1. The summed E-state index contributed by atoms with van der Waals surface area (Å²) in [6.45, 7) is -1.38. The van der Waals surface area contributed by atoms with Crippen molar-refractivity contribution in [3.05, 3.63) is 34.1 Å². The van der Waals surface area contributed by atoms with Crippen molar-refractivity contribution in [1.82, 2.24) is 5.48 Å². The monoisotopic (exact) mass is 301 g/mol. The number of halogens is 5. The molecule has 0 amide bonds. The van der Waals surface area contributed by atoms with Crippen molar-refractivity contribution in [2.75, 3.05) is 6.61 Å². The van der Waals surface area contributed by atoms with E-state index in [-0.39, 0.29) is 6.54 Å². The van der Waals surface area contributed by atoms with E-state index in [1.54, 1.807) is 6.07 Å². The largest absolute Gasteiger partial charge is 0.413 e.